The first-order valence-electron chi connectivity index (χ1n) is 8.74. The Kier molecular flexibility index (Phi) is 4.50. The zero-order chi connectivity index (χ0) is 17.4. The Hall–Kier alpha value is -1.89. The minimum atomic E-state index is 0.0694. The monoisotopic (exact) mass is 359 g/mol. The van der Waals surface area contributed by atoms with E-state index in [0.29, 0.717) is 17.5 Å². The normalized spacial score (nSPS) is 25.8. The molecular weight excluding hydrogens is 338 g/mol. The molecule has 2 fully saturated rings. The van der Waals surface area contributed by atoms with E-state index in [1.54, 1.807) is 10.9 Å². The quantitative estimate of drug-likeness (QED) is 0.882. The van der Waals surface area contributed by atoms with Crippen LogP contribution in [0.1, 0.15) is 35.3 Å². The summed E-state index contributed by atoms with van der Waals surface area (Å²) in [4.78, 5) is 14.8. The van der Waals surface area contributed by atoms with Crippen LogP contribution >= 0.6 is 11.6 Å². The first-order valence-corrected chi connectivity index (χ1v) is 9.11. The summed E-state index contributed by atoms with van der Waals surface area (Å²) in [5.41, 5.74) is 8.66. The molecule has 7 heteroatoms. The number of piperidine rings is 1. The van der Waals surface area contributed by atoms with E-state index in [0.717, 1.165) is 31.1 Å². The Morgan fingerprint density at radius 2 is 2.12 bits per heavy atom. The van der Waals surface area contributed by atoms with Crippen LogP contribution in [-0.4, -0.2) is 39.7 Å². The van der Waals surface area contributed by atoms with Gasteiger partial charge in [0.25, 0.3) is 5.91 Å². The van der Waals surface area contributed by atoms with Gasteiger partial charge in [0, 0.05) is 42.8 Å². The average Bonchev–Trinajstić information content (AvgIpc) is 3.28. The van der Waals surface area contributed by atoms with Crippen molar-refractivity contribution < 1.29 is 4.79 Å². The van der Waals surface area contributed by atoms with Crippen LogP contribution in [0.3, 0.4) is 0 Å². The summed E-state index contributed by atoms with van der Waals surface area (Å²) in [7, 11) is 0. The van der Waals surface area contributed by atoms with Crippen LogP contribution in [0.4, 0.5) is 0 Å². The molecule has 0 aliphatic carbocycles. The van der Waals surface area contributed by atoms with Crippen molar-refractivity contribution in [1.82, 2.24) is 25.5 Å². The maximum Gasteiger partial charge on any atom is 0.257 e. The van der Waals surface area contributed by atoms with Gasteiger partial charge in [-0.15, -0.1) is 0 Å². The fraction of sp³-hybridized carbons (Fsp3) is 0.444. The van der Waals surface area contributed by atoms with Crippen LogP contribution < -0.4 is 10.9 Å². The molecule has 3 heterocycles. The maximum atomic E-state index is 12.8. The standard InChI is InChI=1S/C18H22ClN5O/c1-2-24-10-13(9-20-24)18(25)23-8-7-16-15(11-23)17(22-21-16)12-3-5-14(19)6-4-12/h3-6,9-10,15-17,21-22H,2,7-8,11H2,1H3. The Morgan fingerprint density at radius 1 is 1.32 bits per heavy atom. The zero-order valence-corrected chi connectivity index (χ0v) is 14.9. The Balaban J connectivity index is 1.51. The van der Waals surface area contributed by atoms with Crippen molar-refractivity contribution in [3.05, 3.63) is 52.8 Å². The van der Waals surface area contributed by atoms with E-state index in [1.807, 2.05) is 30.2 Å². The summed E-state index contributed by atoms with van der Waals surface area (Å²) in [6.07, 6.45) is 4.44. The van der Waals surface area contributed by atoms with Gasteiger partial charge in [0.1, 0.15) is 0 Å². The van der Waals surface area contributed by atoms with Crippen LogP contribution in [0.15, 0.2) is 36.7 Å². The number of fused-ring (bicyclic) bond motifs is 1. The summed E-state index contributed by atoms with van der Waals surface area (Å²) in [6.45, 7) is 4.28. The third-order valence-electron chi connectivity index (χ3n) is 5.23. The summed E-state index contributed by atoms with van der Waals surface area (Å²) < 4.78 is 1.79. The number of aromatic nitrogens is 2. The predicted octanol–water partition coefficient (Wildman–Crippen LogP) is 2.24. The molecule has 1 amide bonds. The Labute approximate surface area is 152 Å². The number of amides is 1. The molecular formula is C18H22ClN5O. The summed E-state index contributed by atoms with van der Waals surface area (Å²) in [5.74, 6) is 0.403. The molecule has 1 aromatic carbocycles. The highest BCUT2D eigenvalue weighted by Gasteiger charge is 2.41. The number of likely N-dealkylation sites (tertiary alicyclic amines) is 1. The minimum absolute atomic E-state index is 0.0694. The van der Waals surface area contributed by atoms with Gasteiger partial charge < -0.3 is 4.90 Å². The first kappa shape index (κ1) is 16.6. The molecule has 2 aliphatic rings. The van der Waals surface area contributed by atoms with Gasteiger partial charge in [-0.25, -0.2) is 5.43 Å². The number of rotatable bonds is 3. The smallest absolute Gasteiger partial charge is 0.257 e. The van der Waals surface area contributed by atoms with E-state index >= 15 is 0 Å². The number of hydrogen-bond acceptors (Lipinski definition) is 4. The highest BCUT2D eigenvalue weighted by Crippen LogP contribution is 2.34. The maximum absolute atomic E-state index is 12.8. The van der Waals surface area contributed by atoms with Crippen LogP contribution in [0, 0.1) is 5.92 Å². The third-order valence-corrected chi connectivity index (χ3v) is 5.48. The van der Waals surface area contributed by atoms with Crippen molar-refractivity contribution in [2.75, 3.05) is 13.1 Å². The van der Waals surface area contributed by atoms with Crippen molar-refractivity contribution in [1.29, 1.82) is 0 Å². The Morgan fingerprint density at radius 3 is 2.84 bits per heavy atom. The summed E-state index contributed by atoms with van der Waals surface area (Å²) in [6, 6.07) is 8.49. The fourth-order valence-electron chi connectivity index (χ4n) is 3.82. The van der Waals surface area contributed by atoms with E-state index in [4.69, 9.17) is 11.6 Å². The minimum Gasteiger partial charge on any atom is -0.338 e. The SMILES string of the molecule is CCn1cc(C(=O)N2CCC3NNC(c4ccc(Cl)cc4)C3C2)cn1. The lowest BCUT2D eigenvalue weighted by Crippen LogP contribution is -2.47. The number of benzene rings is 1. The molecule has 25 heavy (non-hydrogen) atoms. The molecule has 2 aliphatic heterocycles. The highest BCUT2D eigenvalue weighted by molar-refractivity contribution is 6.30. The largest absolute Gasteiger partial charge is 0.338 e. The predicted molar refractivity (Wildman–Crippen MR) is 96.2 cm³/mol. The number of nitrogens with zero attached hydrogens (tertiary/aromatic N) is 3. The van der Waals surface area contributed by atoms with Crippen molar-refractivity contribution in [2.24, 2.45) is 5.92 Å². The molecule has 2 saturated heterocycles. The molecule has 0 radical (unpaired) electrons. The number of halogens is 1. The van der Waals surface area contributed by atoms with Crippen LogP contribution in [0.25, 0.3) is 0 Å². The fourth-order valence-corrected chi connectivity index (χ4v) is 3.94. The van der Waals surface area contributed by atoms with Gasteiger partial charge in [0.05, 0.1) is 17.8 Å². The lowest BCUT2D eigenvalue weighted by atomic mass is 9.85. The second-order valence-corrected chi connectivity index (χ2v) is 7.15. The topological polar surface area (TPSA) is 62.2 Å². The number of carbonyl (C=O) groups is 1. The second kappa shape index (κ2) is 6.78. The van der Waals surface area contributed by atoms with Gasteiger partial charge in [-0.2, -0.15) is 5.10 Å². The Bertz CT molecular complexity index is 759. The van der Waals surface area contributed by atoms with Gasteiger partial charge in [0.15, 0.2) is 0 Å². The number of hydrogen-bond donors (Lipinski definition) is 2. The van der Waals surface area contributed by atoms with E-state index in [2.05, 4.69) is 28.1 Å². The van der Waals surface area contributed by atoms with Crippen molar-refractivity contribution in [2.45, 2.75) is 32.0 Å². The van der Waals surface area contributed by atoms with E-state index in [9.17, 15) is 4.79 Å². The van der Waals surface area contributed by atoms with Gasteiger partial charge in [-0.05, 0) is 31.0 Å². The van der Waals surface area contributed by atoms with Crippen LogP contribution in [0.2, 0.25) is 5.02 Å². The van der Waals surface area contributed by atoms with E-state index in [1.165, 1.54) is 5.56 Å². The average molecular weight is 360 g/mol. The zero-order valence-electron chi connectivity index (χ0n) is 14.2. The highest BCUT2D eigenvalue weighted by atomic mass is 35.5. The molecule has 0 saturated carbocycles. The third kappa shape index (κ3) is 3.17. The van der Waals surface area contributed by atoms with Crippen LogP contribution in [0.5, 0.6) is 0 Å². The summed E-state index contributed by atoms with van der Waals surface area (Å²) in [5, 5.41) is 4.96. The lowest BCUT2D eigenvalue weighted by molar-refractivity contribution is 0.0652. The van der Waals surface area contributed by atoms with Gasteiger partial charge in [-0.1, -0.05) is 23.7 Å². The van der Waals surface area contributed by atoms with Gasteiger partial charge in [-0.3, -0.25) is 14.9 Å². The van der Waals surface area contributed by atoms with E-state index in [-0.39, 0.29) is 11.9 Å². The molecule has 3 unspecified atom stereocenters. The molecule has 2 aromatic rings. The van der Waals surface area contributed by atoms with Gasteiger partial charge >= 0.3 is 0 Å². The number of carbonyl (C=O) groups excluding carboxylic acids is 1. The van der Waals surface area contributed by atoms with Crippen molar-refractivity contribution in [3.8, 4) is 0 Å². The molecule has 0 bridgehead atoms. The number of aryl methyl sites for hydroxylation is 1. The van der Waals surface area contributed by atoms with Crippen molar-refractivity contribution in [3.63, 3.8) is 0 Å². The summed E-state index contributed by atoms with van der Waals surface area (Å²) >= 11 is 6.01. The van der Waals surface area contributed by atoms with Crippen LogP contribution in [-0.2, 0) is 6.54 Å². The second-order valence-electron chi connectivity index (χ2n) is 6.71. The molecule has 1 aromatic heterocycles. The van der Waals surface area contributed by atoms with Gasteiger partial charge in [0.2, 0.25) is 0 Å². The molecule has 4 rings (SSSR count). The molecule has 3 atom stereocenters. The van der Waals surface area contributed by atoms with Crippen molar-refractivity contribution >= 4 is 17.5 Å². The molecule has 2 N–H and O–H groups in total. The number of hydrazine groups is 1. The van der Waals surface area contributed by atoms with E-state index < -0.39 is 0 Å². The lowest BCUT2D eigenvalue weighted by Gasteiger charge is -2.36. The first-order chi connectivity index (χ1) is 12.2. The number of nitrogens with one attached hydrogen (secondary N) is 2. The molecule has 6 nitrogen and oxygen atoms in total. The molecule has 0 spiro atoms. The molecule has 132 valence electrons.